The van der Waals surface area contributed by atoms with Crippen LogP contribution in [0.2, 0.25) is 0 Å². The van der Waals surface area contributed by atoms with Crippen LogP contribution in [0.25, 0.3) is 0 Å². The summed E-state index contributed by atoms with van der Waals surface area (Å²) in [7, 11) is 0. The minimum Gasteiger partial charge on any atom is -0.309 e. The molecule has 30 heavy (non-hydrogen) atoms. The Labute approximate surface area is 176 Å². The number of nitrogens with one attached hydrogen (secondary N) is 2. The third kappa shape index (κ3) is 5.16. The number of hydroxylamine groups is 1. The molecule has 2 atom stereocenters. The van der Waals surface area contributed by atoms with Gasteiger partial charge in [0.05, 0.1) is 12.2 Å². The van der Waals surface area contributed by atoms with Crippen LogP contribution >= 0.6 is 0 Å². The molecule has 1 aromatic heterocycles. The van der Waals surface area contributed by atoms with E-state index in [1.54, 1.807) is 5.48 Å². The molecule has 1 aliphatic heterocycles. The van der Waals surface area contributed by atoms with Gasteiger partial charge in [-0.2, -0.15) is 0 Å². The fraction of sp³-hybridized carbons (Fsp3) is 0.682. The highest BCUT2D eigenvalue weighted by Gasteiger charge is 2.54. The van der Waals surface area contributed by atoms with E-state index in [0.717, 1.165) is 38.4 Å². The van der Waals surface area contributed by atoms with Gasteiger partial charge in [0.2, 0.25) is 11.8 Å². The molecule has 4 rings (SSSR count). The van der Waals surface area contributed by atoms with Crippen LogP contribution in [0.4, 0.5) is 10.2 Å². The third-order valence-corrected chi connectivity index (χ3v) is 7.08. The van der Waals surface area contributed by atoms with Crippen LogP contribution in [-0.4, -0.2) is 46.0 Å². The highest BCUT2D eigenvalue weighted by Crippen LogP contribution is 2.55. The minimum absolute atomic E-state index is 0.105. The number of hydrogen-bond acceptors (Lipinski definition) is 5. The lowest BCUT2D eigenvalue weighted by Gasteiger charge is -2.29. The average molecular weight is 419 g/mol. The Morgan fingerprint density at radius 2 is 2.07 bits per heavy atom. The van der Waals surface area contributed by atoms with Gasteiger partial charge in [0.1, 0.15) is 11.6 Å². The Balaban J connectivity index is 1.43. The lowest BCUT2D eigenvalue weighted by molar-refractivity contribution is -0.130. The lowest BCUT2D eigenvalue weighted by Crippen LogP contribution is -2.43. The van der Waals surface area contributed by atoms with E-state index in [1.807, 2.05) is 0 Å². The number of nitrogens with zero attached hydrogens (tertiary/aromatic N) is 2. The van der Waals surface area contributed by atoms with Crippen molar-refractivity contribution in [2.45, 2.75) is 63.8 Å². The number of pyridine rings is 1. The van der Waals surface area contributed by atoms with E-state index < -0.39 is 5.82 Å². The number of carbonyl (C=O) groups excluding carboxylic acids is 2. The largest absolute Gasteiger partial charge is 0.309 e. The normalized spacial score (nSPS) is 24.1. The van der Waals surface area contributed by atoms with Gasteiger partial charge in [-0.25, -0.2) is 14.9 Å². The van der Waals surface area contributed by atoms with E-state index in [1.165, 1.54) is 37.8 Å². The topological polar surface area (TPSA) is 94.6 Å². The molecule has 2 heterocycles. The first kappa shape index (κ1) is 21.2. The predicted octanol–water partition coefficient (Wildman–Crippen LogP) is 3.11. The number of likely N-dealkylation sites (tertiary alicyclic amines) is 1. The maximum atomic E-state index is 13.1. The summed E-state index contributed by atoms with van der Waals surface area (Å²) in [4.78, 5) is 31.1. The molecule has 1 unspecified atom stereocenters. The monoisotopic (exact) mass is 418 g/mol. The summed E-state index contributed by atoms with van der Waals surface area (Å²) < 4.78 is 13.1. The van der Waals surface area contributed by atoms with E-state index in [2.05, 4.69) is 15.2 Å². The standard InChI is InChI=1S/C22H31FN4O3/c23-17-5-6-19(24-12-17)25-21(29)18-11-22(7-8-22)14-27(18)13-16(10-20(28)26-30)9-15-3-1-2-4-15/h5-6,12,15-16,18,30H,1-4,7-11,13-14H2,(H,26,28)(H,24,25,29)/t16?,18-/m0/s1. The Bertz CT molecular complexity index is 762. The molecule has 7 nitrogen and oxygen atoms in total. The van der Waals surface area contributed by atoms with Crippen molar-refractivity contribution in [1.29, 1.82) is 0 Å². The van der Waals surface area contributed by atoms with Crippen molar-refractivity contribution >= 4 is 17.6 Å². The molecule has 3 fully saturated rings. The summed E-state index contributed by atoms with van der Waals surface area (Å²) >= 11 is 0. The van der Waals surface area contributed by atoms with Gasteiger partial charge in [0.15, 0.2) is 0 Å². The van der Waals surface area contributed by atoms with Crippen molar-refractivity contribution in [2.24, 2.45) is 17.3 Å². The van der Waals surface area contributed by atoms with Crippen molar-refractivity contribution in [2.75, 3.05) is 18.4 Å². The molecule has 1 saturated heterocycles. The lowest BCUT2D eigenvalue weighted by atomic mass is 9.90. The maximum absolute atomic E-state index is 13.1. The highest BCUT2D eigenvalue weighted by atomic mass is 19.1. The SMILES string of the molecule is O=C(CC(CC1CCCC1)CN1CC2(CC2)C[C@H]1C(=O)Nc1ccc(F)cn1)NO. The van der Waals surface area contributed by atoms with Gasteiger partial charge in [-0.15, -0.1) is 0 Å². The molecule has 1 spiro atoms. The quantitative estimate of drug-likeness (QED) is 0.445. The van der Waals surface area contributed by atoms with Crippen molar-refractivity contribution in [3.05, 3.63) is 24.1 Å². The van der Waals surface area contributed by atoms with E-state index in [9.17, 15) is 14.0 Å². The first-order valence-corrected chi connectivity index (χ1v) is 11.1. The second-order valence-electron chi connectivity index (χ2n) is 9.49. The van der Waals surface area contributed by atoms with Crippen LogP contribution in [0, 0.1) is 23.1 Å². The zero-order chi connectivity index (χ0) is 21.1. The van der Waals surface area contributed by atoms with Crippen LogP contribution in [0.5, 0.6) is 0 Å². The number of hydrogen-bond donors (Lipinski definition) is 3. The summed E-state index contributed by atoms with van der Waals surface area (Å²) in [5.41, 5.74) is 1.99. The Morgan fingerprint density at radius 3 is 2.70 bits per heavy atom. The average Bonchev–Trinajstić information content (AvgIpc) is 3.11. The van der Waals surface area contributed by atoms with Crippen LogP contribution in [0.15, 0.2) is 18.3 Å². The molecular weight excluding hydrogens is 387 g/mol. The molecule has 164 valence electrons. The fourth-order valence-corrected chi connectivity index (χ4v) is 5.37. The van der Waals surface area contributed by atoms with Gasteiger partial charge in [-0.05, 0) is 55.1 Å². The molecule has 0 bridgehead atoms. The van der Waals surface area contributed by atoms with Gasteiger partial charge in [0.25, 0.3) is 0 Å². The zero-order valence-corrected chi connectivity index (χ0v) is 17.3. The van der Waals surface area contributed by atoms with Crippen LogP contribution in [0.1, 0.15) is 57.8 Å². The molecule has 3 N–H and O–H groups in total. The van der Waals surface area contributed by atoms with Crippen molar-refractivity contribution < 1.29 is 19.2 Å². The first-order chi connectivity index (χ1) is 14.5. The molecule has 0 radical (unpaired) electrons. The van der Waals surface area contributed by atoms with E-state index in [-0.39, 0.29) is 35.6 Å². The highest BCUT2D eigenvalue weighted by molar-refractivity contribution is 5.94. The smallest absolute Gasteiger partial charge is 0.243 e. The number of halogens is 1. The van der Waals surface area contributed by atoms with E-state index >= 15 is 0 Å². The van der Waals surface area contributed by atoms with Crippen molar-refractivity contribution in [3.63, 3.8) is 0 Å². The molecule has 0 aromatic carbocycles. The third-order valence-electron chi connectivity index (χ3n) is 7.08. The zero-order valence-electron chi connectivity index (χ0n) is 17.3. The summed E-state index contributed by atoms with van der Waals surface area (Å²) in [5.74, 6) is 0.145. The minimum atomic E-state index is -0.440. The maximum Gasteiger partial charge on any atom is 0.243 e. The van der Waals surface area contributed by atoms with Gasteiger partial charge in [-0.1, -0.05) is 25.7 Å². The molecule has 1 aromatic rings. The summed E-state index contributed by atoms with van der Waals surface area (Å²) in [6.45, 7) is 1.53. The van der Waals surface area contributed by atoms with Gasteiger partial charge in [0, 0.05) is 19.5 Å². The number of carbonyl (C=O) groups is 2. The van der Waals surface area contributed by atoms with Crippen LogP contribution in [0.3, 0.4) is 0 Å². The van der Waals surface area contributed by atoms with E-state index in [0.29, 0.717) is 18.3 Å². The molecule has 2 amide bonds. The number of aromatic nitrogens is 1. The van der Waals surface area contributed by atoms with Gasteiger partial charge < -0.3 is 5.32 Å². The number of anilines is 1. The van der Waals surface area contributed by atoms with Crippen LogP contribution in [-0.2, 0) is 9.59 Å². The Hall–Kier alpha value is -2.06. The second-order valence-corrected chi connectivity index (χ2v) is 9.49. The molecule has 3 aliphatic rings. The Morgan fingerprint density at radius 1 is 1.30 bits per heavy atom. The van der Waals surface area contributed by atoms with E-state index in [4.69, 9.17) is 5.21 Å². The summed E-state index contributed by atoms with van der Waals surface area (Å²) in [6.07, 6.45) is 10.3. The molecule has 2 aliphatic carbocycles. The second kappa shape index (κ2) is 8.98. The summed E-state index contributed by atoms with van der Waals surface area (Å²) in [6, 6.07) is 2.47. The Kier molecular flexibility index (Phi) is 6.34. The number of amides is 2. The number of rotatable bonds is 8. The van der Waals surface area contributed by atoms with Gasteiger partial charge >= 0.3 is 0 Å². The van der Waals surface area contributed by atoms with Crippen molar-refractivity contribution in [3.8, 4) is 0 Å². The predicted molar refractivity (Wildman–Crippen MR) is 109 cm³/mol. The van der Waals surface area contributed by atoms with Crippen LogP contribution < -0.4 is 10.8 Å². The first-order valence-electron chi connectivity index (χ1n) is 11.1. The molecule has 2 saturated carbocycles. The molecule has 8 heteroatoms. The van der Waals surface area contributed by atoms with Gasteiger partial charge in [-0.3, -0.25) is 19.7 Å². The van der Waals surface area contributed by atoms with Crippen molar-refractivity contribution in [1.82, 2.24) is 15.4 Å². The molecular formula is C22H31FN4O3. The fourth-order valence-electron chi connectivity index (χ4n) is 5.37. The summed E-state index contributed by atoms with van der Waals surface area (Å²) in [5, 5.41) is 11.8.